The molecule has 2 rings (SSSR count). The van der Waals surface area contributed by atoms with Gasteiger partial charge in [0.2, 0.25) is 0 Å². The van der Waals surface area contributed by atoms with Gasteiger partial charge in [-0.25, -0.2) is 0 Å². The topological polar surface area (TPSA) is 55.7 Å². The Hall–Kier alpha value is -0.875. The number of hydrogen-bond acceptors (Lipinski definition) is 4. The summed E-state index contributed by atoms with van der Waals surface area (Å²) in [4.78, 5) is 2.51. The minimum Gasteiger partial charge on any atom is -0.427 e. The van der Waals surface area contributed by atoms with Gasteiger partial charge in [0.25, 0.3) is 0 Å². The zero-order valence-corrected chi connectivity index (χ0v) is 13.0. The van der Waals surface area contributed by atoms with Crippen molar-refractivity contribution in [2.45, 2.75) is 51.1 Å². The molecule has 3 N–H and O–H groups in total. The maximum atomic E-state index is 8.84. The Balaban J connectivity index is 1.65. The average Bonchev–Trinajstić information content (AvgIpc) is 2.89. The number of nitrogens with one attached hydrogen (secondary N) is 1. The van der Waals surface area contributed by atoms with Crippen LogP contribution < -0.4 is 5.32 Å². The fourth-order valence-electron chi connectivity index (χ4n) is 3.05. The predicted molar refractivity (Wildman–Crippen MR) is 86.9 cm³/mol. The number of benzene rings is 1. The van der Waals surface area contributed by atoms with Crippen molar-refractivity contribution in [1.29, 1.82) is 0 Å². The molecule has 0 radical (unpaired) electrons. The third-order valence-electron chi connectivity index (χ3n) is 4.37. The largest absolute Gasteiger partial charge is 0.451 e. The van der Waals surface area contributed by atoms with E-state index in [9.17, 15) is 0 Å². The Morgan fingerprint density at radius 3 is 2.38 bits per heavy atom. The molecule has 1 unspecified atom stereocenters. The van der Waals surface area contributed by atoms with E-state index < -0.39 is 7.12 Å². The lowest BCUT2D eigenvalue weighted by molar-refractivity contribution is 0.262. The van der Waals surface area contributed by atoms with E-state index in [4.69, 9.17) is 10.0 Å². The van der Waals surface area contributed by atoms with Gasteiger partial charge in [0, 0.05) is 25.7 Å². The highest BCUT2D eigenvalue weighted by Gasteiger charge is 2.18. The second kappa shape index (κ2) is 8.54. The smallest absolute Gasteiger partial charge is 0.427 e. The van der Waals surface area contributed by atoms with E-state index in [1.54, 1.807) is 0 Å². The number of unbranched alkanes of at least 4 members (excludes halogenated alkanes) is 1. The highest BCUT2D eigenvalue weighted by molar-refractivity contribution is 6.40. The number of hydrogen-bond donors (Lipinski definition) is 3. The molecule has 5 heteroatoms. The van der Waals surface area contributed by atoms with Crippen LogP contribution in [0.15, 0.2) is 24.3 Å². The van der Waals surface area contributed by atoms with Gasteiger partial charge in [0.1, 0.15) is 0 Å². The molecule has 4 nitrogen and oxygen atoms in total. The Bertz CT molecular complexity index is 403. The molecule has 1 aliphatic heterocycles. The third kappa shape index (κ3) is 5.43. The standard InChI is InChI=1S/C16H27BN2O2/c1-18-16(8-4-5-10-17(20)21)9-11-19-12-14-6-2-3-7-15(14)13-19/h2-3,6-7,16,18,20-21H,4-5,8-13H2,1H3. The van der Waals surface area contributed by atoms with E-state index in [0.717, 1.165) is 45.3 Å². The van der Waals surface area contributed by atoms with Crippen LogP contribution in [0.1, 0.15) is 36.8 Å². The minimum absolute atomic E-state index is 0.484. The van der Waals surface area contributed by atoms with E-state index in [1.807, 2.05) is 7.05 Å². The molecule has 0 bridgehead atoms. The minimum atomic E-state index is -1.15. The summed E-state index contributed by atoms with van der Waals surface area (Å²) in [6.07, 6.45) is 4.66. The van der Waals surface area contributed by atoms with Crippen molar-refractivity contribution in [2.24, 2.45) is 0 Å². The molecule has 1 aliphatic rings. The molecule has 0 saturated carbocycles. The molecule has 0 fully saturated rings. The SMILES string of the molecule is CNC(CCCCB(O)O)CCN1Cc2ccccc2C1. The molecule has 1 heterocycles. The van der Waals surface area contributed by atoms with Gasteiger partial charge in [-0.3, -0.25) is 4.90 Å². The van der Waals surface area contributed by atoms with Gasteiger partial charge in [-0.2, -0.15) is 0 Å². The van der Waals surface area contributed by atoms with Crippen molar-refractivity contribution < 1.29 is 10.0 Å². The Kier molecular flexibility index (Phi) is 6.71. The van der Waals surface area contributed by atoms with Gasteiger partial charge in [-0.05, 0) is 37.3 Å². The monoisotopic (exact) mass is 290 g/mol. The maximum Gasteiger partial charge on any atom is 0.451 e. The van der Waals surface area contributed by atoms with E-state index in [0.29, 0.717) is 12.4 Å². The summed E-state index contributed by atoms with van der Waals surface area (Å²) in [6.45, 7) is 3.26. The van der Waals surface area contributed by atoms with Crippen LogP contribution in [-0.2, 0) is 13.1 Å². The van der Waals surface area contributed by atoms with Crippen LogP contribution in [0.25, 0.3) is 0 Å². The van der Waals surface area contributed by atoms with Crippen molar-refractivity contribution in [3.05, 3.63) is 35.4 Å². The van der Waals surface area contributed by atoms with E-state index in [-0.39, 0.29) is 0 Å². The fraction of sp³-hybridized carbons (Fsp3) is 0.625. The van der Waals surface area contributed by atoms with Gasteiger partial charge in [0.15, 0.2) is 0 Å². The first kappa shape index (κ1) is 16.5. The number of nitrogens with zero attached hydrogens (tertiary/aromatic N) is 1. The zero-order chi connectivity index (χ0) is 15.1. The molecule has 0 aliphatic carbocycles. The van der Waals surface area contributed by atoms with Crippen molar-refractivity contribution in [3.8, 4) is 0 Å². The summed E-state index contributed by atoms with van der Waals surface area (Å²) < 4.78 is 0. The van der Waals surface area contributed by atoms with Gasteiger partial charge in [-0.1, -0.05) is 37.1 Å². The van der Waals surface area contributed by atoms with Crippen LogP contribution >= 0.6 is 0 Å². The highest BCUT2D eigenvalue weighted by Crippen LogP contribution is 2.22. The first-order chi connectivity index (χ1) is 10.2. The van der Waals surface area contributed by atoms with Crippen molar-refractivity contribution in [2.75, 3.05) is 13.6 Å². The molecule has 1 aromatic rings. The van der Waals surface area contributed by atoms with Crippen LogP contribution in [-0.4, -0.2) is 41.7 Å². The number of fused-ring (bicyclic) bond motifs is 1. The molecule has 0 spiro atoms. The average molecular weight is 290 g/mol. The quantitative estimate of drug-likeness (QED) is 0.478. The van der Waals surface area contributed by atoms with Gasteiger partial charge < -0.3 is 15.4 Å². The molecule has 0 amide bonds. The van der Waals surface area contributed by atoms with Crippen molar-refractivity contribution in [1.82, 2.24) is 10.2 Å². The lowest BCUT2D eigenvalue weighted by Crippen LogP contribution is -2.30. The molecule has 0 saturated heterocycles. The Labute approximate surface area is 128 Å². The molecule has 0 aromatic heterocycles. The lowest BCUT2D eigenvalue weighted by atomic mass is 9.83. The van der Waals surface area contributed by atoms with Crippen LogP contribution in [0.4, 0.5) is 0 Å². The molecular formula is C16H27BN2O2. The second-order valence-electron chi connectivity index (χ2n) is 6.02. The fourth-order valence-corrected chi connectivity index (χ4v) is 3.05. The van der Waals surface area contributed by atoms with E-state index >= 15 is 0 Å². The Morgan fingerprint density at radius 1 is 1.14 bits per heavy atom. The van der Waals surface area contributed by atoms with Crippen LogP contribution in [0, 0.1) is 0 Å². The second-order valence-corrected chi connectivity index (χ2v) is 6.02. The zero-order valence-electron chi connectivity index (χ0n) is 13.0. The molecule has 116 valence electrons. The van der Waals surface area contributed by atoms with Crippen LogP contribution in [0.5, 0.6) is 0 Å². The number of rotatable bonds is 9. The van der Waals surface area contributed by atoms with Crippen LogP contribution in [0.2, 0.25) is 6.32 Å². The molecule has 1 atom stereocenters. The van der Waals surface area contributed by atoms with Crippen LogP contribution in [0.3, 0.4) is 0 Å². The first-order valence-corrected chi connectivity index (χ1v) is 8.01. The predicted octanol–water partition coefficient (Wildman–Crippen LogP) is 1.62. The van der Waals surface area contributed by atoms with E-state index in [1.165, 1.54) is 11.1 Å². The summed E-state index contributed by atoms with van der Waals surface area (Å²) >= 11 is 0. The normalized spacial score (nSPS) is 16.0. The summed E-state index contributed by atoms with van der Waals surface area (Å²) in [6, 6.07) is 9.21. The van der Waals surface area contributed by atoms with Crippen molar-refractivity contribution >= 4 is 7.12 Å². The van der Waals surface area contributed by atoms with Gasteiger partial charge in [0.05, 0.1) is 0 Å². The summed E-state index contributed by atoms with van der Waals surface area (Å²) in [7, 11) is 0.866. The van der Waals surface area contributed by atoms with Gasteiger partial charge >= 0.3 is 7.12 Å². The van der Waals surface area contributed by atoms with E-state index in [2.05, 4.69) is 34.5 Å². The highest BCUT2D eigenvalue weighted by atomic mass is 16.4. The van der Waals surface area contributed by atoms with Gasteiger partial charge in [-0.15, -0.1) is 0 Å². The molecule has 21 heavy (non-hydrogen) atoms. The molecule has 1 aromatic carbocycles. The summed E-state index contributed by atoms with van der Waals surface area (Å²) in [5.41, 5.74) is 2.94. The third-order valence-corrected chi connectivity index (χ3v) is 4.37. The summed E-state index contributed by atoms with van der Waals surface area (Å²) in [5, 5.41) is 21.1. The Morgan fingerprint density at radius 2 is 1.81 bits per heavy atom. The van der Waals surface area contributed by atoms with Crippen molar-refractivity contribution in [3.63, 3.8) is 0 Å². The first-order valence-electron chi connectivity index (χ1n) is 8.01. The molecular weight excluding hydrogens is 263 g/mol. The maximum absolute atomic E-state index is 8.84. The lowest BCUT2D eigenvalue weighted by Gasteiger charge is -2.20. The summed E-state index contributed by atoms with van der Waals surface area (Å²) in [5.74, 6) is 0.